The third kappa shape index (κ3) is 3.73. The van der Waals surface area contributed by atoms with E-state index in [0.717, 1.165) is 25.8 Å². The molecule has 0 aromatic heterocycles. The van der Waals surface area contributed by atoms with Crippen molar-refractivity contribution in [2.24, 2.45) is 10.8 Å². The number of nitrogens with zero attached hydrogens (tertiary/aromatic N) is 2. The summed E-state index contributed by atoms with van der Waals surface area (Å²) >= 11 is 0. The highest BCUT2D eigenvalue weighted by Gasteiger charge is 2.51. The molecule has 160 valence electrons. The van der Waals surface area contributed by atoms with E-state index in [4.69, 9.17) is 0 Å². The quantitative estimate of drug-likeness (QED) is 0.721. The van der Waals surface area contributed by atoms with E-state index >= 15 is 0 Å². The number of carbonyl (C=O) groups is 1. The highest BCUT2D eigenvalue weighted by molar-refractivity contribution is 7.92. The molecule has 1 saturated heterocycles. The Morgan fingerprint density at radius 3 is 2.27 bits per heavy atom. The van der Waals surface area contributed by atoms with Crippen LogP contribution in [0.2, 0.25) is 0 Å². The second-order valence-electron chi connectivity index (χ2n) is 9.98. The fourth-order valence-corrected chi connectivity index (χ4v) is 6.78. The molecule has 1 saturated carbocycles. The van der Waals surface area contributed by atoms with Crippen LogP contribution in [-0.4, -0.2) is 38.9 Å². The maximum atomic E-state index is 13.2. The Labute approximate surface area is 179 Å². The van der Waals surface area contributed by atoms with Crippen molar-refractivity contribution in [3.8, 4) is 0 Å². The monoisotopic (exact) mass is 426 g/mol. The van der Waals surface area contributed by atoms with Gasteiger partial charge in [0.05, 0.1) is 10.6 Å². The van der Waals surface area contributed by atoms with E-state index < -0.39 is 10.0 Å². The van der Waals surface area contributed by atoms with Crippen molar-refractivity contribution in [3.63, 3.8) is 0 Å². The summed E-state index contributed by atoms with van der Waals surface area (Å²) in [6, 6.07) is 15.5. The Morgan fingerprint density at radius 2 is 1.63 bits per heavy atom. The molecule has 1 heterocycles. The number of likely N-dealkylation sites (tertiary alicyclic amines) is 1. The molecule has 4 rings (SSSR count). The van der Waals surface area contributed by atoms with Gasteiger partial charge in [-0.25, -0.2) is 8.42 Å². The van der Waals surface area contributed by atoms with Crippen molar-refractivity contribution in [2.45, 2.75) is 51.0 Å². The van der Waals surface area contributed by atoms with Crippen LogP contribution in [0.25, 0.3) is 0 Å². The maximum Gasteiger partial charge on any atom is 0.264 e. The van der Waals surface area contributed by atoms with Crippen LogP contribution in [0, 0.1) is 10.8 Å². The van der Waals surface area contributed by atoms with Crippen LogP contribution in [0.1, 0.15) is 50.4 Å². The first-order valence-corrected chi connectivity index (χ1v) is 11.9. The third-order valence-corrected chi connectivity index (χ3v) is 8.35. The van der Waals surface area contributed by atoms with Gasteiger partial charge in [-0.05, 0) is 66.5 Å². The van der Waals surface area contributed by atoms with Crippen LogP contribution in [0.3, 0.4) is 0 Å². The lowest BCUT2D eigenvalue weighted by Crippen LogP contribution is -2.37. The van der Waals surface area contributed by atoms with E-state index in [1.54, 1.807) is 54.6 Å². The van der Waals surface area contributed by atoms with Gasteiger partial charge in [-0.3, -0.25) is 9.10 Å². The molecule has 0 radical (unpaired) electrons. The summed E-state index contributed by atoms with van der Waals surface area (Å²) in [6.45, 7) is 7.68. The molecule has 1 aliphatic heterocycles. The van der Waals surface area contributed by atoms with Crippen LogP contribution >= 0.6 is 0 Å². The Bertz CT molecular complexity index is 1050. The van der Waals surface area contributed by atoms with E-state index in [1.165, 1.54) is 11.4 Å². The summed E-state index contributed by atoms with van der Waals surface area (Å²) < 4.78 is 26.9. The number of benzene rings is 2. The number of rotatable bonds is 4. The number of hydrogen-bond donors (Lipinski definition) is 0. The van der Waals surface area contributed by atoms with Gasteiger partial charge in [0.25, 0.3) is 15.9 Å². The van der Waals surface area contributed by atoms with Gasteiger partial charge in [-0.15, -0.1) is 0 Å². The highest BCUT2D eigenvalue weighted by Crippen LogP contribution is 2.52. The molecule has 5 nitrogen and oxygen atoms in total. The minimum absolute atomic E-state index is 0.0431. The van der Waals surface area contributed by atoms with Crippen LogP contribution in [0.5, 0.6) is 0 Å². The first kappa shape index (κ1) is 20.9. The van der Waals surface area contributed by atoms with Gasteiger partial charge in [0.2, 0.25) is 0 Å². The summed E-state index contributed by atoms with van der Waals surface area (Å²) in [5, 5.41) is 0. The summed E-state index contributed by atoms with van der Waals surface area (Å²) in [7, 11) is -2.10. The van der Waals surface area contributed by atoms with Crippen molar-refractivity contribution < 1.29 is 13.2 Å². The third-order valence-electron chi connectivity index (χ3n) is 6.56. The molecule has 2 atom stereocenters. The first-order valence-electron chi connectivity index (χ1n) is 10.5. The Balaban J connectivity index is 1.54. The molecule has 1 amide bonds. The normalized spacial score (nSPS) is 25.2. The molecule has 0 spiro atoms. The van der Waals surface area contributed by atoms with E-state index in [2.05, 4.69) is 20.8 Å². The maximum absolute atomic E-state index is 13.2. The zero-order valence-corrected chi connectivity index (χ0v) is 18.9. The minimum atomic E-state index is -3.64. The number of fused-ring (bicyclic) bond motifs is 2. The standard InChI is InChI=1S/C24H30N2O3S/c1-23(2)14-20-15-24(3,16-23)17-26(20)22(27)18-10-12-19(13-11-18)25(4)30(28,29)21-8-6-5-7-9-21/h5-13,20H,14-17H2,1-4H3. The molecule has 2 unspecified atom stereocenters. The predicted octanol–water partition coefficient (Wildman–Crippen LogP) is 4.55. The summed E-state index contributed by atoms with van der Waals surface area (Å²) in [5.74, 6) is 0.0431. The Hall–Kier alpha value is -2.34. The van der Waals surface area contributed by atoms with Gasteiger partial charge in [0, 0.05) is 25.2 Å². The fraction of sp³-hybridized carbons (Fsp3) is 0.458. The van der Waals surface area contributed by atoms with Crippen LogP contribution in [0.15, 0.2) is 59.5 Å². The first-order chi connectivity index (χ1) is 14.0. The second-order valence-corrected chi connectivity index (χ2v) is 11.9. The molecule has 2 aromatic rings. The lowest BCUT2D eigenvalue weighted by Gasteiger charge is -2.39. The van der Waals surface area contributed by atoms with Gasteiger partial charge in [-0.1, -0.05) is 39.0 Å². The molecular weight excluding hydrogens is 396 g/mol. The van der Waals surface area contributed by atoms with Crippen LogP contribution in [0.4, 0.5) is 5.69 Å². The average molecular weight is 427 g/mol. The number of carbonyl (C=O) groups excluding carboxylic acids is 1. The molecule has 30 heavy (non-hydrogen) atoms. The Morgan fingerprint density at radius 1 is 1.00 bits per heavy atom. The smallest absolute Gasteiger partial charge is 0.264 e. The lowest BCUT2D eigenvalue weighted by atomic mass is 9.65. The number of hydrogen-bond acceptors (Lipinski definition) is 3. The van der Waals surface area contributed by atoms with Gasteiger partial charge in [0.15, 0.2) is 0 Å². The number of amides is 1. The second kappa shape index (κ2) is 7.12. The molecule has 6 heteroatoms. The minimum Gasteiger partial charge on any atom is -0.335 e. The average Bonchev–Trinajstić information content (AvgIpc) is 2.96. The van der Waals surface area contributed by atoms with E-state index in [0.29, 0.717) is 11.3 Å². The molecule has 2 fully saturated rings. The van der Waals surface area contributed by atoms with Gasteiger partial charge in [-0.2, -0.15) is 0 Å². The summed E-state index contributed by atoms with van der Waals surface area (Å²) in [4.78, 5) is 15.5. The summed E-state index contributed by atoms with van der Waals surface area (Å²) in [5.41, 5.74) is 1.58. The SMILES string of the molecule is CN(c1ccc(C(=O)N2CC3(C)CC2CC(C)(C)C3)cc1)S(=O)(=O)c1ccccc1. The molecule has 2 aromatic carbocycles. The van der Waals surface area contributed by atoms with Crippen molar-refractivity contribution in [2.75, 3.05) is 17.9 Å². The van der Waals surface area contributed by atoms with Gasteiger partial charge in [0.1, 0.15) is 0 Å². The largest absolute Gasteiger partial charge is 0.335 e. The molecule has 0 N–H and O–H groups in total. The fourth-order valence-electron chi connectivity index (χ4n) is 5.57. The topological polar surface area (TPSA) is 57.7 Å². The van der Waals surface area contributed by atoms with Crippen molar-refractivity contribution in [1.82, 2.24) is 4.90 Å². The van der Waals surface area contributed by atoms with E-state index in [1.807, 2.05) is 4.90 Å². The van der Waals surface area contributed by atoms with Gasteiger partial charge >= 0.3 is 0 Å². The molecule has 2 aliphatic rings. The summed E-state index contributed by atoms with van der Waals surface area (Å²) in [6.07, 6.45) is 3.24. The predicted molar refractivity (Wildman–Crippen MR) is 119 cm³/mol. The van der Waals surface area contributed by atoms with Crippen LogP contribution in [-0.2, 0) is 10.0 Å². The zero-order chi connectivity index (χ0) is 21.7. The lowest BCUT2D eigenvalue weighted by molar-refractivity contribution is 0.0708. The van der Waals surface area contributed by atoms with E-state index in [9.17, 15) is 13.2 Å². The van der Waals surface area contributed by atoms with Gasteiger partial charge < -0.3 is 4.90 Å². The van der Waals surface area contributed by atoms with Crippen LogP contribution < -0.4 is 4.31 Å². The molecular formula is C24H30N2O3S. The Kier molecular flexibility index (Phi) is 4.96. The number of anilines is 1. The zero-order valence-electron chi connectivity index (χ0n) is 18.1. The molecule has 2 bridgehead atoms. The highest BCUT2D eigenvalue weighted by atomic mass is 32.2. The van der Waals surface area contributed by atoms with Crippen molar-refractivity contribution in [3.05, 3.63) is 60.2 Å². The molecule has 1 aliphatic carbocycles. The number of sulfonamides is 1. The van der Waals surface area contributed by atoms with E-state index in [-0.39, 0.29) is 27.7 Å². The van der Waals surface area contributed by atoms with Crippen molar-refractivity contribution >= 4 is 21.6 Å². The van der Waals surface area contributed by atoms with Crippen molar-refractivity contribution in [1.29, 1.82) is 0 Å².